The van der Waals surface area contributed by atoms with Crippen LogP contribution in [0.3, 0.4) is 0 Å². The maximum Gasteiger partial charge on any atom is 0.210 e. The molecule has 0 aromatic heterocycles. The first kappa shape index (κ1) is 13.5. The van der Waals surface area contributed by atoms with Crippen LogP contribution in [0.25, 0.3) is 0 Å². The molecule has 6 heteroatoms. The van der Waals surface area contributed by atoms with Gasteiger partial charge in [0.2, 0.25) is 10.0 Å². The van der Waals surface area contributed by atoms with Crippen LogP contribution in [0, 0.1) is 5.82 Å². The van der Waals surface area contributed by atoms with Crippen molar-refractivity contribution in [1.82, 2.24) is 4.90 Å². The molecule has 1 aromatic carbocycles. The average molecular weight is 272 g/mol. The lowest BCUT2D eigenvalue weighted by Gasteiger charge is -2.15. The summed E-state index contributed by atoms with van der Waals surface area (Å²) in [5.74, 6) is 0.109. The van der Waals surface area contributed by atoms with Crippen molar-refractivity contribution >= 4 is 10.0 Å². The number of nitrogens with zero attached hydrogens (tertiary/aromatic N) is 1. The molecule has 2 rings (SSSR count). The normalized spacial score (nSPS) is 21.3. The molecular weight excluding hydrogens is 255 g/mol. The SMILES string of the molecule is NS(=O)(=O)CCN1CC[C@H](c2ccc(F)cc2)C1. The van der Waals surface area contributed by atoms with Crippen LogP contribution in [-0.4, -0.2) is 38.7 Å². The Hall–Kier alpha value is -0.980. The summed E-state index contributed by atoms with van der Waals surface area (Å²) in [6.07, 6.45) is 0.969. The van der Waals surface area contributed by atoms with Gasteiger partial charge in [0.05, 0.1) is 5.75 Å². The van der Waals surface area contributed by atoms with Crippen LogP contribution in [0.2, 0.25) is 0 Å². The second-order valence-electron chi connectivity index (χ2n) is 4.70. The summed E-state index contributed by atoms with van der Waals surface area (Å²) in [5.41, 5.74) is 1.11. The van der Waals surface area contributed by atoms with Gasteiger partial charge in [0.15, 0.2) is 0 Å². The van der Waals surface area contributed by atoms with Gasteiger partial charge in [-0.2, -0.15) is 0 Å². The van der Waals surface area contributed by atoms with E-state index in [1.54, 1.807) is 12.1 Å². The maximum absolute atomic E-state index is 12.8. The quantitative estimate of drug-likeness (QED) is 0.886. The van der Waals surface area contributed by atoms with Crippen LogP contribution in [0.15, 0.2) is 24.3 Å². The van der Waals surface area contributed by atoms with Gasteiger partial charge in [0.25, 0.3) is 0 Å². The lowest BCUT2D eigenvalue weighted by molar-refractivity contribution is 0.354. The van der Waals surface area contributed by atoms with Crippen molar-refractivity contribution in [3.05, 3.63) is 35.6 Å². The summed E-state index contributed by atoms with van der Waals surface area (Å²) in [5, 5.41) is 4.98. The Morgan fingerprint density at radius 1 is 1.33 bits per heavy atom. The summed E-state index contributed by atoms with van der Waals surface area (Å²) in [6, 6.07) is 6.51. The zero-order valence-electron chi connectivity index (χ0n) is 10.0. The first-order chi connectivity index (χ1) is 8.44. The van der Waals surface area contributed by atoms with Crippen LogP contribution >= 0.6 is 0 Å². The van der Waals surface area contributed by atoms with E-state index in [0.29, 0.717) is 12.5 Å². The van der Waals surface area contributed by atoms with Gasteiger partial charge in [-0.05, 0) is 36.6 Å². The number of benzene rings is 1. The van der Waals surface area contributed by atoms with Crippen LogP contribution in [0.5, 0.6) is 0 Å². The van der Waals surface area contributed by atoms with Crippen LogP contribution in [0.4, 0.5) is 4.39 Å². The fourth-order valence-corrected chi connectivity index (χ4v) is 2.81. The Kier molecular flexibility index (Phi) is 3.99. The van der Waals surface area contributed by atoms with E-state index in [1.165, 1.54) is 12.1 Å². The lowest BCUT2D eigenvalue weighted by atomic mass is 9.99. The topological polar surface area (TPSA) is 63.4 Å². The Bertz CT molecular complexity index is 501. The summed E-state index contributed by atoms with van der Waals surface area (Å²) < 4.78 is 34.6. The van der Waals surface area contributed by atoms with Crippen molar-refractivity contribution in [2.45, 2.75) is 12.3 Å². The van der Waals surface area contributed by atoms with Gasteiger partial charge in [-0.15, -0.1) is 0 Å². The van der Waals surface area contributed by atoms with Gasteiger partial charge in [-0.25, -0.2) is 17.9 Å². The molecule has 0 unspecified atom stereocenters. The first-order valence-corrected chi connectivity index (χ1v) is 7.64. The van der Waals surface area contributed by atoms with E-state index in [2.05, 4.69) is 4.90 Å². The Balaban J connectivity index is 1.90. The summed E-state index contributed by atoms with van der Waals surface area (Å²) in [7, 11) is -3.39. The standard InChI is InChI=1S/C12H17FN2O2S/c13-12-3-1-10(2-4-12)11-5-6-15(9-11)7-8-18(14,16)17/h1-4,11H,5-9H2,(H2,14,16,17)/t11-/m0/s1. The van der Waals surface area contributed by atoms with Gasteiger partial charge in [-0.1, -0.05) is 12.1 Å². The van der Waals surface area contributed by atoms with Gasteiger partial charge in [0, 0.05) is 13.1 Å². The van der Waals surface area contributed by atoms with Crippen molar-refractivity contribution in [3.8, 4) is 0 Å². The zero-order chi connectivity index (χ0) is 13.2. The average Bonchev–Trinajstić information content (AvgIpc) is 2.75. The molecule has 1 saturated heterocycles. The molecule has 0 radical (unpaired) electrons. The zero-order valence-corrected chi connectivity index (χ0v) is 10.9. The molecule has 1 aromatic rings. The molecule has 0 spiro atoms. The molecule has 1 atom stereocenters. The van der Waals surface area contributed by atoms with Crippen LogP contribution in [-0.2, 0) is 10.0 Å². The predicted octanol–water partition coefficient (Wildman–Crippen LogP) is 0.904. The molecule has 2 N–H and O–H groups in total. The third-order valence-corrected chi connectivity index (χ3v) is 4.06. The van der Waals surface area contributed by atoms with E-state index in [-0.39, 0.29) is 11.6 Å². The molecule has 1 aliphatic heterocycles. The van der Waals surface area contributed by atoms with E-state index >= 15 is 0 Å². The highest BCUT2D eigenvalue weighted by Gasteiger charge is 2.24. The van der Waals surface area contributed by atoms with Gasteiger partial charge in [0.1, 0.15) is 5.82 Å². The summed E-state index contributed by atoms with van der Waals surface area (Å²) in [6.45, 7) is 2.13. The van der Waals surface area contributed by atoms with Crippen molar-refractivity contribution in [1.29, 1.82) is 0 Å². The molecule has 0 bridgehead atoms. The predicted molar refractivity (Wildman–Crippen MR) is 68.2 cm³/mol. The first-order valence-electron chi connectivity index (χ1n) is 5.92. The summed E-state index contributed by atoms with van der Waals surface area (Å²) >= 11 is 0. The Morgan fingerprint density at radius 3 is 2.61 bits per heavy atom. The molecule has 1 heterocycles. The smallest absolute Gasteiger partial charge is 0.210 e. The lowest BCUT2D eigenvalue weighted by Crippen LogP contribution is -2.30. The van der Waals surface area contributed by atoms with E-state index in [1.807, 2.05) is 0 Å². The summed E-state index contributed by atoms with van der Waals surface area (Å²) in [4.78, 5) is 2.08. The fraction of sp³-hybridized carbons (Fsp3) is 0.500. The number of hydrogen-bond donors (Lipinski definition) is 1. The van der Waals surface area contributed by atoms with Crippen molar-refractivity contribution < 1.29 is 12.8 Å². The highest BCUT2D eigenvalue weighted by Crippen LogP contribution is 2.26. The maximum atomic E-state index is 12.8. The van der Waals surface area contributed by atoms with Crippen molar-refractivity contribution in [2.24, 2.45) is 5.14 Å². The number of sulfonamides is 1. The number of likely N-dealkylation sites (tertiary alicyclic amines) is 1. The number of rotatable bonds is 4. The van der Waals surface area contributed by atoms with Gasteiger partial charge < -0.3 is 4.90 Å². The molecule has 0 aliphatic carbocycles. The Labute approximate surface area is 107 Å². The molecule has 100 valence electrons. The van der Waals surface area contributed by atoms with E-state index < -0.39 is 10.0 Å². The van der Waals surface area contributed by atoms with Gasteiger partial charge in [-0.3, -0.25) is 0 Å². The molecule has 0 amide bonds. The number of halogens is 1. The number of primary sulfonamides is 1. The molecule has 18 heavy (non-hydrogen) atoms. The third kappa shape index (κ3) is 3.76. The van der Waals surface area contributed by atoms with Crippen molar-refractivity contribution in [2.75, 3.05) is 25.4 Å². The molecule has 4 nitrogen and oxygen atoms in total. The molecule has 1 fully saturated rings. The van der Waals surface area contributed by atoms with Crippen molar-refractivity contribution in [3.63, 3.8) is 0 Å². The highest BCUT2D eigenvalue weighted by molar-refractivity contribution is 7.89. The van der Waals surface area contributed by atoms with Crippen LogP contribution < -0.4 is 5.14 Å². The molecule has 1 aliphatic rings. The number of nitrogens with two attached hydrogens (primary N) is 1. The third-order valence-electron chi connectivity index (χ3n) is 3.31. The van der Waals surface area contributed by atoms with E-state index in [4.69, 9.17) is 5.14 Å². The monoisotopic (exact) mass is 272 g/mol. The largest absolute Gasteiger partial charge is 0.302 e. The highest BCUT2D eigenvalue weighted by atomic mass is 32.2. The van der Waals surface area contributed by atoms with E-state index in [0.717, 1.165) is 25.1 Å². The fourth-order valence-electron chi connectivity index (χ4n) is 2.30. The van der Waals surface area contributed by atoms with E-state index in [9.17, 15) is 12.8 Å². The second kappa shape index (κ2) is 5.34. The van der Waals surface area contributed by atoms with Crippen LogP contribution in [0.1, 0.15) is 17.9 Å². The Morgan fingerprint density at radius 2 is 2.00 bits per heavy atom. The molecule has 0 saturated carbocycles. The van der Waals surface area contributed by atoms with Gasteiger partial charge >= 0.3 is 0 Å². The number of hydrogen-bond acceptors (Lipinski definition) is 3. The molecular formula is C12H17FN2O2S. The minimum absolute atomic E-state index is 0.0108. The second-order valence-corrected chi connectivity index (χ2v) is 6.44. The minimum atomic E-state index is -3.39. The minimum Gasteiger partial charge on any atom is -0.302 e.